The highest BCUT2D eigenvalue weighted by molar-refractivity contribution is 14.1. The van der Waals surface area contributed by atoms with Gasteiger partial charge < -0.3 is 9.47 Å². The molecule has 1 heterocycles. The maximum Gasteiger partial charge on any atom is 0.310 e. The standard InChI is InChI=1S/C11H13IO4/c1-2-15-10(13)6-4-3-5-7(6)11(14)16-9(5)8(4)12/h4-9H,2-3H2,1H3. The van der Waals surface area contributed by atoms with Gasteiger partial charge in [-0.25, -0.2) is 0 Å². The zero-order chi connectivity index (χ0) is 11.4. The van der Waals surface area contributed by atoms with Gasteiger partial charge in [-0.15, -0.1) is 0 Å². The van der Waals surface area contributed by atoms with Crippen LogP contribution in [-0.4, -0.2) is 28.6 Å². The van der Waals surface area contributed by atoms with Gasteiger partial charge in [0, 0.05) is 5.92 Å². The minimum Gasteiger partial charge on any atom is -0.466 e. The molecule has 3 aliphatic rings. The number of alkyl halides is 1. The van der Waals surface area contributed by atoms with Crippen molar-refractivity contribution in [2.75, 3.05) is 6.61 Å². The molecule has 0 N–H and O–H groups in total. The van der Waals surface area contributed by atoms with Crippen LogP contribution in [0.1, 0.15) is 13.3 Å². The molecule has 1 saturated heterocycles. The molecule has 2 saturated carbocycles. The highest BCUT2D eigenvalue weighted by Gasteiger charge is 2.68. The second-order valence-corrected chi connectivity index (χ2v) is 6.15. The van der Waals surface area contributed by atoms with Gasteiger partial charge >= 0.3 is 11.9 Å². The van der Waals surface area contributed by atoms with Crippen LogP contribution >= 0.6 is 22.6 Å². The van der Waals surface area contributed by atoms with Gasteiger partial charge in [0.25, 0.3) is 0 Å². The minimum absolute atomic E-state index is 0.0498. The van der Waals surface area contributed by atoms with Gasteiger partial charge in [-0.3, -0.25) is 9.59 Å². The predicted molar refractivity (Wildman–Crippen MR) is 62.9 cm³/mol. The van der Waals surface area contributed by atoms with E-state index < -0.39 is 0 Å². The van der Waals surface area contributed by atoms with Crippen molar-refractivity contribution >= 4 is 34.5 Å². The van der Waals surface area contributed by atoms with Crippen molar-refractivity contribution in [3.05, 3.63) is 0 Å². The summed E-state index contributed by atoms with van der Waals surface area (Å²) in [5, 5.41) is 0. The van der Waals surface area contributed by atoms with E-state index in [0.717, 1.165) is 6.42 Å². The third kappa shape index (κ3) is 1.21. The SMILES string of the molecule is CCOC(=O)C1C2CC3C(OC(=O)C31)C2I. The predicted octanol–water partition coefficient (Wildman–Crippen LogP) is 1.16. The summed E-state index contributed by atoms with van der Waals surface area (Å²) < 4.78 is 10.7. The van der Waals surface area contributed by atoms with Crippen molar-refractivity contribution < 1.29 is 19.1 Å². The highest BCUT2D eigenvalue weighted by atomic mass is 127. The fourth-order valence-electron chi connectivity index (χ4n) is 3.53. The monoisotopic (exact) mass is 336 g/mol. The zero-order valence-corrected chi connectivity index (χ0v) is 11.0. The molecule has 88 valence electrons. The van der Waals surface area contributed by atoms with Crippen LogP contribution in [0.2, 0.25) is 0 Å². The minimum atomic E-state index is -0.252. The van der Waals surface area contributed by atoms with Gasteiger partial charge in [-0.05, 0) is 19.3 Å². The van der Waals surface area contributed by atoms with Crippen molar-refractivity contribution in [1.82, 2.24) is 0 Å². The maximum atomic E-state index is 11.9. The summed E-state index contributed by atoms with van der Waals surface area (Å²) in [6.07, 6.45) is 0.992. The molecule has 0 spiro atoms. The summed E-state index contributed by atoms with van der Waals surface area (Å²) in [6, 6.07) is 0. The molecule has 4 nitrogen and oxygen atoms in total. The largest absolute Gasteiger partial charge is 0.466 e. The Morgan fingerprint density at radius 1 is 1.56 bits per heavy atom. The Bertz CT molecular complexity index is 356. The summed E-state index contributed by atoms with van der Waals surface area (Å²) in [7, 11) is 0. The summed E-state index contributed by atoms with van der Waals surface area (Å²) in [6.45, 7) is 2.17. The van der Waals surface area contributed by atoms with Crippen LogP contribution in [0.3, 0.4) is 0 Å². The Kier molecular flexibility index (Phi) is 2.42. The van der Waals surface area contributed by atoms with E-state index >= 15 is 0 Å². The van der Waals surface area contributed by atoms with Gasteiger partial charge in [-0.2, -0.15) is 0 Å². The molecule has 0 amide bonds. The molecule has 6 unspecified atom stereocenters. The molecule has 2 aliphatic carbocycles. The Labute approximate surface area is 107 Å². The first-order valence-corrected chi connectivity index (χ1v) is 6.91. The third-order valence-corrected chi connectivity index (χ3v) is 5.71. The fraction of sp³-hybridized carbons (Fsp3) is 0.818. The molecule has 3 rings (SSSR count). The van der Waals surface area contributed by atoms with Gasteiger partial charge in [-0.1, -0.05) is 22.6 Å². The van der Waals surface area contributed by atoms with E-state index in [1.165, 1.54) is 0 Å². The van der Waals surface area contributed by atoms with E-state index in [-0.39, 0.29) is 45.6 Å². The first-order valence-electron chi connectivity index (χ1n) is 5.66. The number of carbonyl (C=O) groups is 2. The van der Waals surface area contributed by atoms with Crippen LogP contribution in [0.5, 0.6) is 0 Å². The van der Waals surface area contributed by atoms with Crippen molar-refractivity contribution in [3.8, 4) is 0 Å². The molecule has 6 atom stereocenters. The van der Waals surface area contributed by atoms with Crippen molar-refractivity contribution in [1.29, 1.82) is 0 Å². The maximum absolute atomic E-state index is 11.9. The molecule has 0 aromatic heterocycles. The van der Waals surface area contributed by atoms with E-state index in [1.807, 2.05) is 0 Å². The third-order valence-electron chi connectivity index (χ3n) is 4.08. The first-order chi connectivity index (χ1) is 7.65. The van der Waals surface area contributed by atoms with E-state index in [9.17, 15) is 9.59 Å². The smallest absolute Gasteiger partial charge is 0.310 e. The molecule has 0 radical (unpaired) electrons. The van der Waals surface area contributed by atoms with Gasteiger partial charge in [0.15, 0.2) is 0 Å². The number of esters is 2. The fourth-order valence-corrected chi connectivity index (χ4v) is 4.95. The zero-order valence-electron chi connectivity index (χ0n) is 8.89. The van der Waals surface area contributed by atoms with Crippen LogP contribution in [0, 0.1) is 23.7 Å². The molecule has 5 heteroatoms. The quantitative estimate of drug-likeness (QED) is 0.431. The van der Waals surface area contributed by atoms with Crippen LogP contribution in [0.4, 0.5) is 0 Å². The molecule has 1 aliphatic heterocycles. The van der Waals surface area contributed by atoms with Crippen LogP contribution in [0.25, 0.3) is 0 Å². The Hall–Kier alpha value is -0.330. The van der Waals surface area contributed by atoms with E-state index in [4.69, 9.17) is 9.47 Å². The molecule has 2 bridgehead atoms. The molecule has 3 fully saturated rings. The average molecular weight is 336 g/mol. The van der Waals surface area contributed by atoms with Crippen LogP contribution < -0.4 is 0 Å². The number of carbonyl (C=O) groups excluding carboxylic acids is 2. The highest BCUT2D eigenvalue weighted by Crippen LogP contribution is 2.60. The Morgan fingerprint density at radius 2 is 2.31 bits per heavy atom. The van der Waals surface area contributed by atoms with E-state index in [1.54, 1.807) is 6.92 Å². The number of ether oxygens (including phenoxy) is 2. The molecular formula is C11H13IO4. The summed E-state index contributed by atoms with van der Waals surface area (Å²) >= 11 is 2.32. The summed E-state index contributed by atoms with van der Waals surface area (Å²) in [4.78, 5) is 23.6. The first kappa shape index (κ1) is 10.8. The van der Waals surface area contributed by atoms with Gasteiger partial charge in [0.05, 0.1) is 22.4 Å². The normalized spacial score (nSPS) is 48.2. The Morgan fingerprint density at radius 3 is 3.00 bits per heavy atom. The lowest BCUT2D eigenvalue weighted by molar-refractivity contribution is -0.155. The Balaban J connectivity index is 1.90. The lowest BCUT2D eigenvalue weighted by Gasteiger charge is -2.26. The second kappa shape index (κ2) is 3.58. The summed E-state index contributed by atoms with van der Waals surface area (Å²) in [5.41, 5.74) is 0. The van der Waals surface area contributed by atoms with Gasteiger partial charge in [0.2, 0.25) is 0 Å². The number of fused-ring (bicyclic) bond motifs is 1. The summed E-state index contributed by atoms with van der Waals surface area (Å²) in [5.74, 6) is -0.341. The van der Waals surface area contributed by atoms with Crippen molar-refractivity contribution in [2.45, 2.75) is 23.4 Å². The van der Waals surface area contributed by atoms with Crippen LogP contribution in [0.15, 0.2) is 0 Å². The second-order valence-electron chi connectivity index (χ2n) is 4.71. The lowest BCUT2D eigenvalue weighted by atomic mass is 9.80. The van der Waals surface area contributed by atoms with Crippen molar-refractivity contribution in [3.63, 3.8) is 0 Å². The number of halogens is 1. The molecular weight excluding hydrogens is 323 g/mol. The number of hydrogen-bond donors (Lipinski definition) is 0. The average Bonchev–Trinajstić information content (AvgIpc) is 2.82. The van der Waals surface area contributed by atoms with Gasteiger partial charge in [0.1, 0.15) is 6.10 Å². The topological polar surface area (TPSA) is 52.6 Å². The number of rotatable bonds is 2. The number of hydrogen-bond acceptors (Lipinski definition) is 4. The van der Waals surface area contributed by atoms with E-state index in [2.05, 4.69) is 22.6 Å². The molecule has 0 aromatic carbocycles. The van der Waals surface area contributed by atoms with Crippen molar-refractivity contribution in [2.24, 2.45) is 23.7 Å². The molecule has 0 aromatic rings. The van der Waals surface area contributed by atoms with E-state index in [0.29, 0.717) is 6.61 Å². The molecule has 16 heavy (non-hydrogen) atoms. The lowest BCUT2D eigenvalue weighted by Crippen LogP contribution is -2.38. The van der Waals surface area contributed by atoms with Crippen LogP contribution in [-0.2, 0) is 19.1 Å².